The van der Waals surface area contributed by atoms with Crippen LogP contribution in [0.4, 0.5) is 0 Å². The van der Waals surface area contributed by atoms with Gasteiger partial charge in [0.2, 0.25) is 0 Å². The van der Waals surface area contributed by atoms with E-state index in [1.807, 2.05) is 13.0 Å². The number of aromatic nitrogens is 3. The first-order chi connectivity index (χ1) is 9.34. The summed E-state index contributed by atoms with van der Waals surface area (Å²) >= 11 is 0. The van der Waals surface area contributed by atoms with Crippen molar-refractivity contribution in [2.45, 2.75) is 26.2 Å². The molecule has 1 saturated heterocycles. The summed E-state index contributed by atoms with van der Waals surface area (Å²) < 4.78 is 2.17. The third-order valence-corrected chi connectivity index (χ3v) is 3.84. The molecule has 1 N–H and O–H groups in total. The summed E-state index contributed by atoms with van der Waals surface area (Å²) in [4.78, 5) is 0. The van der Waals surface area contributed by atoms with Crippen molar-refractivity contribution in [3.63, 3.8) is 0 Å². The molecule has 2 aromatic rings. The van der Waals surface area contributed by atoms with Crippen molar-refractivity contribution in [2.24, 2.45) is 5.92 Å². The minimum Gasteiger partial charge on any atom is -0.316 e. The number of hydrogen-bond acceptors (Lipinski definition) is 3. The third-order valence-electron chi connectivity index (χ3n) is 3.84. The Morgan fingerprint density at radius 3 is 2.84 bits per heavy atom. The summed E-state index contributed by atoms with van der Waals surface area (Å²) in [6, 6.07) is 10.4. The Morgan fingerprint density at radius 2 is 2.11 bits per heavy atom. The molecule has 1 aliphatic heterocycles. The van der Waals surface area contributed by atoms with Gasteiger partial charge in [0.25, 0.3) is 0 Å². The van der Waals surface area contributed by atoms with Crippen LogP contribution in [0, 0.1) is 12.8 Å². The van der Waals surface area contributed by atoms with E-state index in [0.717, 1.165) is 42.8 Å². The second kappa shape index (κ2) is 5.53. The molecule has 0 saturated carbocycles. The number of aryl methyl sites for hydroxylation is 2. The highest BCUT2D eigenvalue weighted by Crippen LogP contribution is 2.18. The summed E-state index contributed by atoms with van der Waals surface area (Å²) in [7, 11) is 0. The van der Waals surface area contributed by atoms with Gasteiger partial charge >= 0.3 is 0 Å². The molecule has 100 valence electrons. The van der Waals surface area contributed by atoms with Gasteiger partial charge < -0.3 is 5.32 Å². The molecular weight excluding hydrogens is 236 g/mol. The number of nitrogens with zero attached hydrogens (tertiary/aromatic N) is 3. The first kappa shape index (κ1) is 12.4. The maximum Gasteiger partial charge on any atom is 0.137 e. The van der Waals surface area contributed by atoms with E-state index in [4.69, 9.17) is 0 Å². The Kier molecular flexibility index (Phi) is 3.60. The van der Waals surface area contributed by atoms with Crippen LogP contribution in [0.25, 0.3) is 5.69 Å². The molecule has 0 radical (unpaired) electrons. The summed E-state index contributed by atoms with van der Waals surface area (Å²) in [5.74, 6) is 2.84. The fourth-order valence-corrected chi connectivity index (χ4v) is 2.78. The number of hydrogen-bond donors (Lipinski definition) is 1. The molecule has 0 spiro atoms. The first-order valence-corrected chi connectivity index (χ1v) is 7.01. The minimum absolute atomic E-state index is 0.793. The average Bonchev–Trinajstić information content (AvgIpc) is 3.07. The van der Waals surface area contributed by atoms with Crippen LogP contribution in [0.15, 0.2) is 30.3 Å². The Bertz CT molecular complexity index is 526. The standard InChI is InChI=1S/C15H20N4/c1-12-17-18-15(8-7-13-9-10-16-11-13)19(12)14-5-3-2-4-6-14/h2-6,13,16H,7-11H2,1H3. The SMILES string of the molecule is Cc1nnc(CCC2CCNC2)n1-c1ccccc1. The van der Waals surface area contributed by atoms with Gasteiger partial charge in [-0.15, -0.1) is 10.2 Å². The third kappa shape index (κ3) is 2.68. The van der Waals surface area contributed by atoms with E-state index >= 15 is 0 Å². The maximum absolute atomic E-state index is 4.35. The van der Waals surface area contributed by atoms with Gasteiger partial charge in [0, 0.05) is 12.1 Å². The van der Waals surface area contributed by atoms with Crippen molar-refractivity contribution in [2.75, 3.05) is 13.1 Å². The Balaban J connectivity index is 1.78. The van der Waals surface area contributed by atoms with Crippen LogP contribution < -0.4 is 5.32 Å². The Hall–Kier alpha value is -1.68. The van der Waals surface area contributed by atoms with E-state index < -0.39 is 0 Å². The lowest BCUT2D eigenvalue weighted by Crippen LogP contribution is -2.11. The van der Waals surface area contributed by atoms with Crippen molar-refractivity contribution in [1.82, 2.24) is 20.1 Å². The van der Waals surface area contributed by atoms with Crippen molar-refractivity contribution in [3.8, 4) is 5.69 Å². The van der Waals surface area contributed by atoms with Crippen LogP contribution >= 0.6 is 0 Å². The zero-order valence-corrected chi connectivity index (χ0v) is 11.3. The van der Waals surface area contributed by atoms with E-state index in [1.165, 1.54) is 12.8 Å². The lowest BCUT2D eigenvalue weighted by molar-refractivity contribution is 0.522. The van der Waals surface area contributed by atoms with Gasteiger partial charge in [0.05, 0.1) is 0 Å². The fraction of sp³-hybridized carbons (Fsp3) is 0.467. The molecule has 1 aliphatic rings. The molecule has 1 atom stereocenters. The lowest BCUT2D eigenvalue weighted by Gasteiger charge is -2.10. The predicted octanol–water partition coefficient (Wildman–Crippen LogP) is 2.12. The summed E-state index contributed by atoms with van der Waals surface area (Å²) in [6.07, 6.45) is 3.48. The van der Waals surface area contributed by atoms with Crippen molar-refractivity contribution >= 4 is 0 Å². The van der Waals surface area contributed by atoms with Crippen LogP contribution in [0.3, 0.4) is 0 Å². The van der Waals surface area contributed by atoms with Gasteiger partial charge in [-0.2, -0.15) is 0 Å². The maximum atomic E-state index is 4.35. The highest BCUT2D eigenvalue weighted by molar-refractivity contribution is 5.33. The van der Waals surface area contributed by atoms with Crippen LogP contribution in [0.2, 0.25) is 0 Å². The smallest absolute Gasteiger partial charge is 0.137 e. The normalized spacial score (nSPS) is 18.9. The second-order valence-electron chi connectivity index (χ2n) is 5.23. The lowest BCUT2D eigenvalue weighted by atomic mass is 10.0. The molecule has 0 bridgehead atoms. The molecule has 2 heterocycles. The van der Waals surface area contributed by atoms with Crippen molar-refractivity contribution in [1.29, 1.82) is 0 Å². The highest BCUT2D eigenvalue weighted by Gasteiger charge is 2.17. The Labute approximate surface area is 113 Å². The van der Waals surface area contributed by atoms with Crippen LogP contribution in [-0.2, 0) is 6.42 Å². The van der Waals surface area contributed by atoms with Crippen LogP contribution in [-0.4, -0.2) is 27.9 Å². The molecule has 1 aromatic carbocycles. The number of nitrogens with one attached hydrogen (secondary N) is 1. The molecular formula is C15H20N4. The van der Waals surface area contributed by atoms with Gasteiger partial charge in [-0.25, -0.2) is 0 Å². The van der Waals surface area contributed by atoms with Gasteiger partial charge in [-0.1, -0.05) is 18.2 Å². The van der Waals surface area contributed by atoms with E-state index in [2.05, 4.69) is 44.3 Å². The number of rotatable bonds is 4. The average molecular weight is 256 g/mol. The monoisotopic (exact) mass is 256 g/mol. The van der Waals surface area contributed by atoms with Crippen LogP contribution in [0.5, 0.6) is 0 Å². The molecule has 0 aliphatic carbocycles. The van der Waals surface area contributed by atoms with Crippen molar-refractivity contribution < 1.29 is 0 Å². The van der Waals surface area contributed by atoms with Gasteiger partial charge in [0.1, 0.15) is 11.6 Å². The van der Waals surface area contributed by atoms with E-state index in [0.29, 0.717) is 0 Å². The van der Waals surface area contributed by atoms with Gasteiger partial charge in [0.15, 0.2) is 0 Å². The van der Waals surface area contributed by atoms with Crippen LogP contribution in [0.1, 0.15) is 24.5 Å². The van der Waals surface area contributed by atoms with Gasteiger partial charge in [-0.05, 0) is 50.9 Å². The van der Waals surface area contributed by atoms with E-state index in [1.54, 1.807) is 0 Å². The molecule has 1 fully saturated rings. The zero-order valence-electron chi connectivity index (χ0n) is 11.3. The minimum atomic E-state index is 0.793. The molecule has 3 rings (SSSR count). The number of benzene rings is 1. The highest BCUT2D eigenvalue weighted by atomic mass is 15.3. The Morgan fingerprint density at radius 1 is 1.26 bits per heavy atom. The molecule has 1 unspecified atom stereocenters. The van der Waals surface area contributed by atoms with Crippen molar-refractivity contribution in [3.05, 3.63) is 42.0 Å². The summed E-state index contributed by atoms with van der Waals surface area (Å²) in [5, 5.41) is 12.0. The topological polar surface area (TPSA) is 42.7 Å². The van der Waals surface area contributed by atoms with E-state index in [-0.39, 0.29) is 0 Å². The van der Waals surface area contributed by atoms with Gasteiger partial charge in [-0.3, -0.25) is 4.57 Å². The number of para-hydroxylation sites is 1. The van der Waals surface area contributed by atoms with E-state index in [9.17, 15) is 0 Å². The largest absolute Gasteiger partial charge is 0.316 e. The molecule has 4 nitrogen and oxygen atoms in total. The molecule has 1 aromatic heterocycles. The zero-order chi connectivity index (χ0) is 13.1. The summed E-state index contributed by atoms with van der Waals surface area (Å²) in [5.41, 5.74) is 1.16. The quantitative estimate of drug-likeness (QED) is 0.911. The summed E-state index contributed by atoms with van der Waals surface area (Å²) in [6.45, 7) is 4.33. The second-order valence-corrected chi connectivity index (χ2v) is 5.23. The fourth-order valence-electron chi connectivity index (χ4n) is 2.78. The predicted molar refractivity (Wildman–Crippen MR) is 75.4 cm³/mol. The molecule has 19 heavy (non-hydrogen) atoms. The first-order valence-electron chi connectivity index (χ1n) is 7.01. The molecule has 0 amide bonds. The molecule has 4 heteroatoms.